The van der Waals surface area contributed by atoms with E-state index in [2.05, 4.69) is 10.5 Å². The monoisotopic (exact) mass is 404 g/mol. The van der Waals surface area contributed by atoms with Crippen molar-refractivity contribution in [3.63, 3.8) is 0 Å². The number of benzene rings is 3. The Morgan fingerprint density at radius 2 is 1.50 bits per heavy atom. The summed E-state index contributed by atoms with van der Waals surface area (Å²) in [6.07, 6.45) is 1.29. The first-order valence-electron chi connectivity index (χ1n) is 9.42. The normalized spacial score (nSPS) is 11.5. The number of ether oxygens (including phenoxy) is 1. The summed E-state index contributed by atoms with van der Waals surface area (Å²) >= 11 is 0. The highest BCUT2D eigenvalue weighted by molar-refractivity contribution is 5.91. The van der Waals surface area contributed by atoms with Crippen molar-refractivity contribution in [2.75, 3.05) is 7.11 Å². The molecule has 0 unspecified atom stereocenters. The Morgan fingerprint density at radius 1 is 0.967 bits per heavy atom. The van der Waals surface area contributed by atoms with E-state index in [0.717, 1.165) is 11.1 Å². The summed E-state index contributed by atoms with van der Waals surface area (Å²) in [5.41, 5.74) is 3.69. The third-order valence-electron chi connectivity index (χ3n) is 4.89. The molecule has 3 N–H and O–H groups in total. The molecular formula is C24H24N2O4. The van der Waals surface area contributed by atoms with Crippen molar-refractivity contribution in [2.45, 2.75) is 19.4 Å². The number of hydrogen-bond donors (Lipinski definition) is 3. The van der Waals surface area contributed by atoms with Crippen molar-refractivity contribution in [1.29, 1.82) is 0 Å². The van der Waals surface area contributed by atoms with E-state index in [1.807, 2.05) is 38.1 Å². The zero-order valence-electron chi connectivity index (χ0n) is 17.1. The van der Waals surface area contributed by atoms with Crippen LogP contribution in [0.15, 0.2) is 71.8 Å². The molecule has 0 aliphatic rings. The maximum Gasteiger partial charge on any atom is 0.281 e. The van der Waals surface area contributed by atoms with Crippen LogP contribution in [-0.2, 0) is 10.4 Å². The van der Waals surface area contributed by atoms with E-state index in [1.54, 1.807) is 42.5 Å². The number of aryl methyl sites for hydroxylation is 2. The van der Waals surface area contributed by atoms with E-state index in [9.17, 15) is 15.0 Å². The summed E-state index contributed by atoms with van der Waals surface area (Å²) < 4.78 is 5.06. The Balaban J connectivity index is 1.93. The van der Waals surface area contributed by atoms with Gasteiger partial charge in [-0.05, 0) is 37.1 Å². The van der Waals surface area contributed by atoms with Gasteiger partial charge in [0.25, 0.3) is 5.91 Å². The summed E-state index contributed by atoms with van der Waals surface area (Å²) in [6.45, 7) is 3.86. The minimum Gasteiger partial charge on any atom is -0.504 e. The smallest absolute Gasteiger partial charge is 0.281 e. The molecule has 0 aromatic heterocycles. The third kappa shape index (κ3) is 4.18. The quantitative estimate of drug-likeness (QED) is 0.434. The molecule has 3 rings (SSSR count). The predicted octanol–water partition coefficient (Wildman–Crippen LogP) is 3.40. The lowest BCUT2D eigenvalue weighted by atomic mass is 9.85. The molecule has 1 amide bonds. The highest BCUT2D eigenvalue weighted by atomic mass is 16.5. The molecule has 3 aromatic carbocycles. The van der Waals surface area contributed by atoms with Gasteiger partial charge in [0.15, 0.2) is 17.1 Å². The number of carbonyl (C=O) groups excluding carboxylic acids is 1. The Hall–Kier alpha value is -3.64. The summed E-state index contributed by atoms with van der Waals surface area (Å²) in [6, 6.07) is 19.1. The van der Waals surface area contributed by atoms with Crippen LogP contribution in [0.3, 0.4) is 0 Å². The first-order chi connectivity index (χ1) is 14.4. The van der Waals surface area contributed by atoms with Crippen molar-refractivity contribution in [3.05, 3.63) is 94.5 Å². The second-order valence-corrected chi connectivity index (χ2v) is 7.04. The molecule has 0 aliphatic heterocycles. The van der Waals surface area contributed by atoms with Gasteiger partial charge in [-0.2, -0.15) is 5.10 Å². The van der Waals surface area contributed by atoms with Crippen LogP contribution in [-0.4, -0.2) is 29.4 Å². The Labute approximate surface area is 175 Å². The van der Waals surface area contributed by atoms with Gasteiger partial charge < -0.3 is 14.9 Å². The second kappa shape index (κ2) is 8.80. The second-order valence-electron chi connectivity index (χ2n) is 7.04. The average Bonchev–Trinajstić information content (AvgIpc) is 2.75. The van der Waals surface area contributed by atoms with E-state index in [-0.39, 0.29) is 5.75 Å². The number of methoxy groups -OCH3 is 1. The zero-order chi connectivity index (χ0) is 21.7. The van der Waals surface area contributed by atoms with Crippen LogP contribution >= 0.6 is 0 Å². The molecule has 0 saturated heterocycles. The molecule has 0 aliphatic carbocycles. The lowest BCUT2D eigenvalue weighted by molar-refractivity contribution is -0.136. The largest absolute Gasteiger partial charge is 0.504 e. The SMILES string of the molecule is COc1cccc(C=NNC(=O)C(O)(c2ccc(C)cc2)c2ccc(C)cc2)c1O. The van der Waals surface area contributed by atoms with Crippen molar-refractivity contribution in [1.82, 2.24) is 5.43 Å². The summed E-state index contributed by atoms with van der Waals surface area (Å²) in [7, 11) is 1.45. The van der Waals surface area contributed by atoms with Crippen LogP contribution in [0.5, 0.6) is 11.5 Å². The summed E-state index contributed by atoms with van der Waals surface area (Å²) in [5.74, 6) is -0.514. The van der Waals surface area contributed by atoms with Gasteiger partial charge >= 0.3 is 0 Å². The van der Waals surface area contributed by atoms with Crippen molar-refractivity contribution >= 4 is 12.1 Å². The Bertz CT molecular complexity index is 1010. The molecule has 154 valence electrons. The number of phenols is 1. The van der Waals surface area contributed by atoms with Gasteiger partial charge in [-0.1, -0.05) is 65.7 Å². The van der Waals surface area contributed by atoms with Crippen LogP contribution in [0.25, 0.3) is 0 Å². The van der Waals surface area contributed by atoms with Crippen LogP contribution in [0.1, 0.15) is 27.8 Å². The predicted molar refractivity (Wildman–Crippen MR) is 116 cm³/mol. The number of hydrazone groups is 1. The van der Waals surface area contributed by atoms with Crippen molar-refractivity contribution in [3.8, 4) is 11.5 Å². The molecule has 6 nitrogen and oxygen atoms in total. The van der Waals surface area contributed by atoms with Gasteiger partial charge in [0, 0.05) is 5.56 Å². The number of amides is 1. The number of rotatable bonds is 6. The fraction of sp³-hybridized carbons (Fsp3) is 0.167. The molecule has 0 heterocycles. The van der Waals surface area contributed by atoms with Crippen LogP contribution in [0.4, 0.5) is 0 Å². The van der Waals surface area contributed by atoms with Crippen molar-refractivity contribution < 1.29 is 19.7 Å². The average molecular weight is 404 g/mol. The van der Waals surface area contributed by atoms with Crippen LogP contribution in [0, 0.1) is 13.8 Å². The topological polar surface area (TPSA) is 91.2 Å². The standard InChI is InChI=1S/C24H24N2O4/c1-16-7-11-19(12-8-16)24(29,20-13-9-17(2)10-14-20)23(28)26-25-15-18-5-4-6-21(30-3)22(18)27/h4-15,27,29H,1-3H3,(H,26,28). The Morgan fingerprint density at radius 3 is 2.00 bits per heavy atom. The molecule has 0 saturated carbocycles. The fourth-order valence-corrected chi connectivity index (χ4v) is 3.07. The number of hydrogen-bond acceptors (Lipinski definition) is 5. The zero-order valence-corrected chi connectivity index (χ0v) is 17.1. The number of aliphatic hydroxyl groups is 1. The first kappa shape index (κ1) is 21.1. The van der Waals surface area contributed by atoms with Gasteiger partial charge in [-0.25, -0.2) is 5.43 Å². The van der Waals surface area contributed by atoms with E-state index in [1.165, 1.54) is 13.3 Å². The fourth-order valence-electron chi connectivity index (χ4n) is 3.07. The molecule has 0 fully saturated rings. The first-order valence-corrected chi connectivity index (χ1v) is 9.42. The number of phenolic OH excluding ortho intramolecular Hbond substituents is 1. The molecule has 0 spiro atoms. The number of nitrogens with one attached hydrogen (secondary N) is 1. The molecule has 3 aromatic rings. The van der Waals surface area contributed by atoms with E-state index in [4.69, 9.17) is 4.74 Å². The maximum atomic E-state index is 13.1. The van der Waals surface area contributed by atoms with Gasteiger partial charge in [0.2, 0.25) is 0 Å². The number of para-hydroxylation sites is 1. The van der Waals surface area contributed by atoms with Gasteiger partial charge in [0.1, 0.15) is 0 Å². The maximum absolute atomic E-state index is 13.1. The van der Waals surface area contributed by atoms with E-state index >= 15 is 0 Å². The van der Waals surface area contributed by atoms with Crippen LogP contribution in [0.2, 0.25) is 0 Å². The lowest BCUT2D eigenvalue weighted by Crippen LogP contribution is -2.43. The van der Waals surface area contributed by atoms with E-state index in [0.29, 0.717) is 22.4 Å². The Kier molecular flexibility index (Phi) is 6.18. The highest BCUT2D eigenvalue weighted by Crippen LogP contribution is 2.31. The molecule has 30 heavy (non-hydrogen) atoms. The molecule has 6 heteroatoms. The minimum atomic E-state index is -1.94. The minimum absolute atomic E-state index is 0.0923. The molecule has 0 atom stereocenters. The number of carbonyl (C=O) groups is 1. The molecule has 0 bridgehead atoms. The third-order valence-corrected chi connectivity index (χ3v) is 4.89. The summed E-state index contributed by atoms with van der Waals surface area (Å²) in [4.78, 5) is 13.1. The molecule has 0 radical (unpaired) electrons. The van der Waals surface area contributed by atoms with Gasteiger partial charge in [0.05, 0.1) is 13.3 Å². The number of aromatic hydroxyl groups is 1. The number of nitrogens with zero attached hydrogens (tertiary/aromatic N) is 1. The van der Waals surface area contributed by atoms with Crippen molar-refractivity contribution in [2.24, 2.45) is 5.10 Å². The van der Waals surface area contributed by atoms with Crippen LogP contribution < -0.4 is 10.2 Å². The van der Waals surface area contributed by atoms with E-state index < -0.39 is 11.5 Å². The van der Waals surface area contributed by atoms with Gasteiger partial charge in [-0.15, -0.1) is 0 Å². The molecular weight excluding hydrogens is 380 g/mol. The highest BCUT2D eigenvalue weighted by Gasteiger charge is 2.40. The lowest BCUT2D eigenvalue weighted by Gasteiger charge is -2.27. The van der Waals surface area contributed by atoms with Gasteiger partial charge in [-0.3, -0.25) is 4.79 Å². The summed E-state index contributed by atoms with van der Waals surface area (Å²) in [5, 5.41) is 25.6.